The Balaban J connectivity index is 1.79. The highest BCUT2D eigenvalue weighted by Crippen LogP contribution is 2.30. The number of allylic oxidation sites excluding steroid dienone is 1. The zero-order chi connectivity index (χ0) is 23.8. The van der Waals surface area contributed by atoms with E-state index in [-0.39, 0.29) is 5.56 Å². The van der Waals surface area contributed by atoms with Gasteiger partial charge in [-0.05, 0) is 42.8 Å². The fourth-order valence-corrected chi connectivity index (χ4v) is 4.35. The highest BCUT2D eigenvalue weighted by molar-refractivity contribution is 7.95. The fourth-order valence-electron chi connectivity index (χ4n) is 3.33. The molecule has 0 atom stereocenters. The molecule has 10 heteroatoms. The van der Waals surface area contributed by atoms with E-state index < -0.39 is 38.7 Å². The van der Waals surface area contributed by atoms with E-state index in [0.29, 0.717) is 21.6 Å². The number of sulfonamides is 1. The van der Waals surface area contributed by atoms with Gasteiger partial charge in [0.05, 0.1) is 11.3 Å². The molecular weight excluding hydrogens is 472 g/mol. The maximum atomic E-state index is 15.1. The van der Waals surface area contributed by atoms with Crippen LogP contribution >= 0.6 is 11.6 Å². The Hall–Kier alpha value is -3.56. The Morgan fingerprint density at radius 3 is 2.55 bits per heavy atom. The number of ketones is 1. The number of aromatic nitrogens is 2. The van der Waals surface area contributed by atoms with Gasteiger partial charge in [-0.3, -0.25) is 9.52 Å². The van der Waals surface area contributed by atoms with Crippen LogP contribution in [-0.4, -0.2) is 24.2 Å². The SMILES string of the molecule is C/C=C\S(=O)(=O)Nc1ccc(F)c(C(=O)c2c[nH]c3ncc(-c4ccc(Cl)cc4)cc23)c1F. The standard InChI is InChI=1S/C23H16ClF2N3O3S/c1-2-9-33(31,32)29-19-8-7-18(25)20(21(19)26)22(30)17-12-28-23-16(17)10-14(11-27-23)13-3-5-15(24)6-4-13/h2-12,29H,1H3,(H,27,28)/b9-2-. The highest BCUT2D eigenvalue weighted by Gasteiger charge is 2.25. The third-order valence-electron chi connectivity index (χ3n) is 4.84. The van der Waals surface area contributed by atoms with E-state index in [4.69, 9.17) is 11.6 Å². The molecule has 2 N–H and O–H groups in total. The van der Waals surface area contributed by atoms with Crippen LogP contribution in [0.25, 0.3) is 22.2 Å². The van der Waals surface area contributed by atoms with Crippen LogP contribution in [0.5, 0.6) is 0 Å². The lowest BCUT2D eigenvalue weighted by Gasteiger charge is -2.10. The molecule has 0 saturated heterocycles. The number of hydrogen-bond donors (Lipinski definition) is 2. The first-order valence-corrected chi connectivity index (χ1v) is 11.5. The summed E-state index contributed by atoms with van der Waals surface area (Å²) in [6, 6.07) is 10.4. The first-order valence-electron chi connectivity index (χ1n) is 9.61. The number of anilines is 1. The van der Waals surface area contributed by atoms with Gasteiger partial charge in [-0.15, -0.1) is 0 Å². The zero-order valence-corrected chi connectivity index (χ0v) is 18.6. The van der Waals surface area contributed by atoms with Crippen molar-refractivity contribution in [3.05, 3.63) is 94.1 Å². The zero-order valence-electron chi connectivity index (χ0n) is 17.1. The molecule has 4 rings (SSSR count). The minimum atomic E-state index is -4.02. The van der Waals surface area contributed by atoms with Crippen molar-refractivity contribution in [2.75, 3.05) is 4.72 Å². The van der Waals surface area contributed by atoms with Gasteiger partial charge in [0.2, 0.25) is 5.78 Å². The molecule has 0 fully saturated rings. The number of aromatic amines is 1. The summed E-state index contributed by atoms with van der Waals surface area (Å²) in [5.74, 6) is -3.40. The molecule has 0 spiro atoms. The minimum absolute atomic E-state index is 0.0143. The van der Waals surface area contributed by atoms with Crippen LogP contribution < -0.4 is 4.72 Å². The predicted octanol–water partition coefficient (Wildman–Crippen LogP) is 5.67. The average molecular weight is 488 g/mol. The lowest BCUT2D eigenvalue weighted by Crippen LogP contribution is -2.14. The van der Waals surface area contributed by atoms with E-state index in [0.717, 1.165) is 23.1 Å². The van der Waals surface area contributed by atoms with E-state index in [1.54, 1.807) is 36.5 Å². The van der Waals surface area contributed by atoms with Gasteiger partial charge in [-0.1, -0.05) is 29.8 Å². The molecule has 4 aromatic rings. The fraction of sp³-hybridized carbons (Fsp3) is 0.0435. The van der Waals surface area contributed by atoms with Crippen LogP contribution in [0.2, 0.25) is 5.02 Å². The molecular formula is C23H16ClF2N3O3S. The Labute approximate surface area is 193 Å². The molecule has 0 aliphatic heterocycles. The van der Waals surface area contributed by atoms with Crippen LogP contribution in [0.3, 0.4) is 0 Å². The molecule has 0 saturated carbocycles. The first kappa shape index (κ1) is 22.6. The number of carbonyl (C=O) groups is 1. The van der Waals surface area contributed by atoms with Crippen LogP contribution in [0.1, 0.15) is 22.8 Å². The van der Waals surface area contributed by atoms with Crippen molar-refractivity contribution in [2.45, 2.75) is 6.92 Å². The number of hydrogen-bond acceptors (Lipinski definition) is 4. The van der Waals surface area contributed by atoms with Gasteiger partial charge in [-0.25, -0.2) is 22.2 Å². The summed E-state index contributed by atoms with van der Waals surface area (Å²) < 4.78 is 55.5. The summed E-state index contributed by atoms with van der Waals surface area (Å²) in [4.78, 5) is 20.3. The second kappa shape index (κ2) is 8.76. The van der Waals surface area contributed by atoms with E-state index in [2.05, 4.69) is 9.97 Å². The van der Waals surface area contributed by atoms with Gasteiger partial charge in [0.15, 0.2) is 5.82 Å². The molecule has 2 aromatic carbocycles. The Morgan fingerprint density at radius 1 is 1.12 bits per heavy atom. The monoisotopic (exact) mass is 487 g/mol. The maximum Gasteiger partial charge on any atom is 0.254 e. The molecule has 0 amide bonds. The number of carbonyl (C=O) groups excluding carboxylic acids is 1. The van der Waals surface area contributed by atoms with Crippen molar-refractivity contribution in [2.24, 2.45) is 0 Å². The van der Waals surface area contributed by atoms with E-state index in [1.165, 1.54) is 19.2 Å². The lowest BCUT2D eigenvalue weighted by molar-refractivity contribution is 0.103. The van der Waals surface area contributed by atoms with Gasteiger partial charge >= 0.3 is 0 Å². The van der Waals surface area contributed by atoms with Gasteiger partial charge in [0, 0.05) is 39.3 Å². The van der Waals surface area contributed by atoms with Crippen molar-refractivity contribution < 1.29 is 22.0 Å². The van der Waals surface area contributed by atoms with Crippen LogP contribution in [0.15, 0.2) is 66.3 Å². The molecule has 2 aromatic heterocycles. The second-order valence-corrected chi connectivity index (χ2v) is 9.06. The van der Waals surface area contributed by atoms with Crippen molar-refractivity contribution >= 4 is 44.1 Å². The number of benzene rings is 2. The quantitative estimate of drug-likeness (QED) is 0.343. The van der Waals surface area contributed by atoms with Crippen LogP contribution in [0.4, 0.5) is 14.5 Å². The third kappa shape index (κ3) is 4.50. The van der Waals surface area contributed by atoms with Crippen LogP contribution in [0, 0.1) is 11.6 Å². The number of H-pyrrole nitrogens is 1. The smallest absolute Gasteiger partial charge is 0.254 e. The summed E-state index contributed by atoms with van der Waals surface area (Å²) >= 11 is 5.93. The summed E-state index contributed by atoms with van der Waals surface area (Å²) in [6.45, 7) is 1.47. The Morgan fingerprint density at radius 2 is 1.85 bits per heavy atom. The van der Waals surface area contributed by atoms with Crippen molar-refractivity contribution in [3.8, 4) is 11.1 Å². The van der Waals surface area contributed by atoms with Crippen molar-refractivity contribution in [1.29, 1.82) is 0 Å². The molecule has 33 heavy (non-hydrogen) atoms. The van der Waals surface area contributed by atoms with E-state index >= 15 is 4.39 Å². The van der Waals surface area contributed by atoms with Gasteiger partial charge in [0.1, 0.15) is 11.5 Å². The molecule has 168 valence electrons. The number of nitrogens with one attached hydrogen (secondary N) is 2. The summed E-state index contributed by atoms with van der Waals surface area (Å²) in [5.41, 5.74) is 0.361. The van der Waals surface area contributed by atoms with E-state index in [9.17, 15) is 17.6 Å². The lowest BCUT2D eigenvalue weighted by atomic mass is 10.00. The molecule has 0 bridgehead atoms. The normalized spacial score (nSPS) is 11.9. The molecule has 0 aliphatic carbocycles. The van der Waals surface area contributed by atoms with Crippen LogP contribution in [-0.2, 0) is 10.0 Å². The number of fused-ring (bicyclic) bond motifs is 1. The van der Waals surface area contributed by atoms with Gasteiger partial charge in [-0.2, -0.15) is 0 Å². The number of halogens is 3. The summed E-state index contributed by atoms with van der Waals surface area (Å²) in [6.07, 6.45) is 4.14. The second-order valence-electron chi connectivity index (χ2n) is 7.06. The van der Waals surface area contributed by atoms with Gasteiger partial charge in [0.25, 0.3) is 10.0 Å². The molecule has 0 radical (unpaired) electrons. The van der Waals surface area contributed by atoms with E-state index in [1.807, 2.05) is 4.72 Å². The number of nitrogens with zero attached hydrogens (tertiary/aromatic N) is 1. The Kier molecular flexibility index (Phi) is 6.01. The summed E-state index contributed by atoms with van der Waals surface area (Å²) in [7, 11) is -4.02. The molecule has 0 aliphatic rings. The maximum absolute atomic E-state index is 15.1. The largest absolute Gasteiger partial charge is 0.345 e. The predicted molar refractivity (Wildman–Crippen MR) is 124 cm³/mol. The average Bonchev–Trinajstić information content (AvgIpc) is 3.19. The minimum Gasteiger partial charge on any atom is -0.345 e. The molecule has 0 unspecified atom stereocenters. The third-order valence-corrected chi connectivity index (χ3v) is 6.23. The van der Waals surface area contributed by atoms with Crippen molar-refractivity contribution in [1.82, 2.24) is 9.97 Å². The topological polar surface area (TPSA) is 91.9 Å². The first-order chi connectivity index (χ1) is 15.7. The Bertz CT molecular complexity index is 1510. The van der Waals surface area contributed by atoms with Gasteiger partial charge < -0.3 is 4.98 Å². The summed E-state index contributed by atoms with van der Waals surface area (Å²) in [5, 5.41) is 1.73. The number of pyridine rings is 1. The molecule has 6 nitrogen and oxygen atoms in total. The molecule has 2 heterocycles. The highest BCUT2D eigenvalue weighted by atomic mass is 35.5. The number of rotatable bonds is 6. The van der Waals surface area contributed by atoms with Crippen molar-refractivity contribution in [3.63, 3.8) is 0 Å².